The summed E-state index contributed by atoms with van der Waals surface area (Å²) >= 11 is 6.73. The number of H-pyrrole nitrogens is 1. The van der Waals surface area contributed by atoms with Crippen LogP contribution in [-0.2, 0) is 0 Å². The van der Waals surface area contributed by atoms with Crippen molar-refractivity contribution in [2.45, 2.75) is 0 Å². The molecule has 17 heavy (non-hydrogen) atoms. The highest BCUT2D eigenvalue weighted by molar-refractivity contribution is 9.11. The van der Waals surface area contributed by atoms with Gasteiger partial charge in [0.2, 0.25) is 0 Å². The minimum absolute atomic E-state index is 0.222. The molecule has 0 amide bonds. The largest absolute Gasteiger partial charge is 0.382 e. The van der Waals surface area contributed by atoms with E-state index in [0.29, 0.717) is 17.2 Å². The minimum Gasteiger partial charge on any atom is -0.382 e. The third kappa shape index (κ3) is 2.64. The van der Waals surface area contributed by atoms with Crippen molar-refractivity contribution in [2.24, 2.45) is 10.2 Å². The fourth-order valence-electron chi connectivity index (χ4n) is 1.14. The first-order valence-electron chi connectivity index (χ1n) is 4.54. The fraction of sp³-hybridized carbons (Fsp3) is 0. The van der Waals surface area contributed by atoms with E-state index in [0.717, 1.165) is 8.95 Å². The Labute approximate surface area is 114 Å². The van der Waals surface area contributed by atoms with E-state index >= 15 is 0 Å². The number of azo groups is 1. The van der Waals surface area contributed by atoms with Crippen LogP contribution in [0.15, 0.2) is 37.4 Å². The van der Waals surface area contributed by atoms with Crippen molar-refractivity contribution in [3.8, 4) is 0 Å². The molecule has 6 nitrogen and oxygen atoms in total. The summed E-state index contributed by atoms with van der Waals surface area (Å²) in [6.07, 6.45) is 0. The predicted octanol–water partition coefficient (Wildman–Crippen LogP) is 3.51. The Hall–Kier alpha value is -1.41. The lowest BCUT2D eigenvalue weighted by atomic mass is 10.3. The lowest BCUT2D eigenvalue weighted by Gasteiger charge is -1.97. The van der Waals surface area contributed by atoms with Crippen LogP contribution < -0.4 is 11.5 Å². The summed E-state index contributed by atoms with van der Waals surface area (Å²) in [5, 5.41) is 14.3. The lowest BCUT2D eigenvalue weighted by molar-refractivity contribution is 1.11. The minimum atomic E-state index is 0.222. The van der Waals surface area contributed by atoms with Crippen molar-refractivity contribution < 1.29 is 0 Å². The Morgan fingerprint density at radius 3 is 2.53 bits per heavy atom. The third-order valence-electron chi connectivity index (χ3n) is 1.96. The van der Waals surface area contributed by atoms with E-state index in [2.05, 4.69) is 52.3 Å². The van der Waals surface area contributed by atoms with Gasteiger partial charge in [0.15, 0.2) is 11.5 Å². The van der Waals surface area contributed by atoms with Crippen molar-refractivity contribution in [3.05, 3.63) is 27.1 Å². The quantitative estimate of drug-likeness (QED) is 0.714. The van der Waals surface area contributed by atoms with E-state index in [-0.39, 0.29) is 5.82 Å². The molecule has 88 valence electrons. The number of hydrogen-bond donors (Lipinski definition) is 3. The number of nitrogens with zero attached hydrogens (tertiary/aromatic N) is 3. The van der Waals surface area contributed by atoms with Crippen LogP contribution in [0.25, 0.3) is 0 Å². The standard InChI is InChI=1S/C9H8Br2N6/c10-4-1-2-6(5(11)3-4)14-15-7-8(12)16-17-9(7)13/h1-3H,(H5,12,13,16,17). The Bertz CT molecular complexity index is 557. The molecule has 0 aliphatic rings. The number of hydrogen-bond acceptors (Lipinski definition) is 5. The predicted molar refractivity (Wildman–Crippen MR) is 73.4 cm³/mol. The molecule has 0 spiro atoms. The monoisotopic (exact) mass is 358 g/mol. The van der Waals surface area contributed by atoms with Crippen LogP contribution in [0.2, 0.25) is 0 Å². The first-order valence-corrected chi connectivity index (χ1v) is 6.12. The summed E-state index contributed by atoms with van der Waals surface area (Å²) in [6.45, 7) is 0. The van der Waals surface area contributed by atoms with Crippen molar-refractivity contribution in [1.29, 1.82) is 0 Å². The first kappa shape index (κ1) is 12.1. The zero-order valence-corrected chi connectivity index (χ0v) is 11.7. The van der Waals surface area contributed by atoms with Gasteiger partial charge in [0.1, 0.15) is 5.82 Å². The average molecular weight is 360 g/mol. The molecule has 1 aromatic heterocycles. The van der Waals surface area contributed by atoms with Gasteiger partial charge in [-0.25, -0.2) is 0 Å². The second kappa shape index (κ2) is 4.84. The van der Waals surface area contributed by atoms with E-state index in [4.69, 9.17) is 11.5 Å². The van der Waals surface area contributed by atoms with Gasteiger partial charge < -0.3 is 11.5 Å². The average Bonchev–Trinajstić information content (AvgIpc) is 2.58. The van der Waals surface area contributed by atoms with Crippen LogP contribution in [0, 0.1) is 0 Å². The molecule has 0 unspecified atom stereocenters. The van der Waals surface area contributed by atoms with Gasteiger partial charge in [0.05, 0.1) is 5.69 Å². The van der Waals surface area contributed by atoms with E-state index in [1.165, 1.54) is 0 Å². The number of aromatic nitrogens is 2. The van der Waals surface area contributed by atoms with E-state index in [9.17, 15) is 0 Å². The highest BCUT2D eigenvalue weighted by Gasteiger charge is 2.07. The molecule has 5 N–H and O–H groups in total. The van der Waals surface area contributed by atoms with Gasteiger partial charge in [-0.05, 0) is 34.1 Å². The van der Waals surface area contributed by atoms with E-state index in [1.54, 1.807) is 0 Å². The highest BCUT2D eigenvalue weighted by Crippen LogP contribution is 2.32. The number of benzene rings is 1. The van der Waals surface area contributed by atoms with Crippen LogP contribution >= 0.6 is 31.9 Å². The molecule has 1 aromatic carbocycles. The van der Waals surface area contributed by atoms with Crippen LogP contribution in [-0.4, -0.2) is 10.2 Å². The molecule has 2 rings (SSSR count). The van der Waals surface area contributed by atoms with Gasteiger partial charge in [-0.3, -0.25) is 5.10 Å². The summed E-state index contributed by atoms with van der Waals surface area (Å²) in [4.78, 5) is 0. The number of aromatic amines is 1. The zero-order valence-electron chi connectivity index (χ0n) is 8.48. The van der Waals surface area contributed by atoms with Gasteiger partial charge >= 0.3 is 0 Å². The maximum absolute atomic E-state index is 5.60. The number of nitrogens with two attached hydrogens (primary N) is 2. The second-order valence-corrected chi connectivity index (χ2v) is 4.94. The molecule has 2 aromatic rings. The zero-order chi connectivity index (χ0) is 12.4. The summed E-state index contributed by atoms with van der Waals surface area (Å²) in [5.41, 5.74) is 12.2. The van der Waals surface area contributed by atoms with E-state index in [1.807, 2.05) is 18.2 Å². The number of anilines is 2. The van der Waals surface area contributed by atoms with Gasteiger partial charge in [-0.1, -0.05) is 15.9 Å². The summed E-state index contributed by atoms with van der Waals surface area (Å²) in [7, 11) is 0. The lowest BCUT2D eigenvalue weighted by Crippen LogP contribution is -1.84. The number of nitrogen functional groups attached to an aromatic ring is 2. The van der Waals surface area contributed by atoms with Gasteiger partial charge in [-0.2, -0.15) is 5.10 Å². The SMILES string of the molecule is Nc1n[nH]c(N)c1N=Nc1ccc(Br)cc1Br. The van der Waals surface area contributed by atoms with E-state index < -0.39 is 0 Å². The molecule has 0 saturated heterocycles. The molecular formula is C9H8Br2N6. The van der Waals surface area contributed by atoms with Gasteiger partial charge in [0, 0.05) is 8.95 Å². The molecule has 0 bridgehead atoms. The van der Waals surface area contributed by atoms with Gasteiger partial charge in [-0.15, -0.1) is 10.2 Å². The molecule has 1 heterocycles. The normalized spacial score (nSPS) is 11.2. The van der Waals surface area contributed by atoms with Crippen molar-refractivity contribution >= 4 is 54.9 Å². The Balaban J connectivity index is 2.32. The first-order chi connectivity index (χ1) is 8.08. The van der Waals surface area contributed by atoms with Crippen LogP contribution in [0.5, 0.6) is 0 Å². The smallest absolute Gasteiger partial charge is 0.175 e. The van der Waals surface area contributed by atoms with Crippen molar-refractivity contribution in [1.82, 2.24) is 10.2 Å². The summed E-state index contributed by atoms with van der Waals surface area (Å²) in [5.74, 6) is 0.513. The molecule has 8 heteroatoms. The fourth-order valence-corrected chi connectivity index (χ4v) is 2.26. The third-order valence-corrected chi connectivity index (χ3v) is 3.09. The summed E-state index contributed by atoms with van der Waals surface area (Å²) in [6, 6.07) is 5.54. The highest BCUT2D eigenvalue weighted by atomic mass is 79.9. The van der Waals surface area contributed by atoms with Gasteiger partial charge in [0.25, 0.3) is 0 Å². The maximum Gasteiger partial charge on any atom is 0.175 e. The molecule has 0 fully saturated rings. The Morgan fingerprint density at radius 2 is 1.94 bits per heavy atom. The van der Waals surface area contributed by atoms with Crippen LogP contribution in [0.4, 0.5) is 23.0 Å². The maximum atomic E-state index is 5.60. The van der Waals surface area contributed by atoms with Crippen LogP contribution in [0.1, 0.15) is 0 Å². The second-order valence-electron chi connectivity index (χ2n) is 3.17. The van der Waals surface area contributed by atoms with Crippen LogP contribution in [0.3, 0.4) is 0 Å². The number of nitrogens with one attached hydrogen (secondary N) is 1. The molecule has 0 aliphatic carbocycles. The topological polar surface area (TPSA) is 105 Å². The number of rotatable bonds is 2. The molecule has 0 aliphatic heterocycles. The van der Waals surface area contributed by atoms with Crippen molar-refractivity contribution in [3.63, 3.8) is 0 Å². The molecular weight excluding hydrogens is 352 g/mol. The number of halogens is 2. The molecule has 0 saturated carbocycles. The molecule has 0 atom stereocenters. The molecule has 0 radical (unpaired) electrons. The summed E-state index contributed by atoms with van der Waals surface area (Å²) < 4.78 is 1.77. The van der Waals surface area contributed by atoms with Crippen molar-refractivity contribution in [2.75, 3.05) is 11.5 Å². The Kier molecular flexibility index (Phi) is 3.43. The Morgan fingerprint density at radius 1 is 1.18 bits per heavy atom.